The number of carbonyl (C=O) groups is 2. The molecule has 0 rings (SSSR count). The van der Waals surface area contributed by atoms with E-state index in [0.29, 0.717) is 23.9 Å². The number of quaternary nitrogens is 1. The molecular formula is C31H62NO6P. The Morgan fingerprint density at radius 3 is 1.54 bits per heavy atom. The van der Waals surface area contributed by atoms with Crippen LogP contribution in [0.4, 0.5) is 0 Å². The molecule has 2 atom stereocenters. The average molecular weight is 576 g/mol. The summed E-state index contributed by atoms with van der Waals surface area (Å²) in [5.74, 6) is -0.431. The molecule has 0 aliphatic rings. The summed E-state index contributed by atoms with van der Waals surface area (Å²) < 4.78 is 23.3. The summed E-state index contributed by atoms with van der Waals surface area (Å²) in [6.07, 6.45) is 19.6. The van der Waals surface area contributed by atoms with Crippen LogP contribution in [0.3, 0.4) is 0 Å². The fourth-order valence-electron chi connectivity index (χ4n) is 4.54. The van der Waals surface area contributed by atoms with Gasteiger partial charge in [-0.1, -0.05) is 117 Å². The van der Waals surface area contributed by atoms with Gasteiger partial charge in [0.25, 0.3) is 7.82 Å². The Labute approximate surface area is 241 Å². The van der Waals surface area contributed by atoms with Crippen LogP contribution in [0.1, 0.15) is 149 Å². The first-order chi connectivity index (χ1) is 18.5. The molecule has 0 saturated heterocycles. The summed E-state index contributed by atoms with van der Waals surface area (Å²) in [6.45, 7) is 4.87. The van der Waals surface area contributed by atoms with Crippen molar-refractivity contribution >= 4 is 19.4 Å². The van der Waals surface area contributed by atoms with E-state index in [0.717, 1.165) is 38.5 Å². The molecule has 39 heavy (non-hydrogen) atoms. The summed E-state index contributed by atoms with van der Waals surface area (Å²) in [5, 5.41) is 0. The molecule has 0 fully saturated rings. The number of unbranched alkanes of at least 4 members (excludes halogenated alkanes) is 16. The van der Waals surface area contributed by atoms with Crippen molar-refractivity contribution in [3.05, 3.63) is 0 Å². The number of hydrogen-bond acceptors (Lipinski definition) is 6. The summed E-state index contributed by atoms with van der Waals surface area (Å²) in [7, 11) is 1.11. The topological polar surface area (TPSA) is 92.7 Å². The zero-order valence-electron chi connectivity index (χ0n) is 26.2. The molecule has 0 aromatic carbocycles. The Hall–Kier alpha value is -0.590. The average Bonchev–Trinajstić information content (AvgIpc) is 2.85. The minimum atomic E-state index is -4.69. The highest BCUT2D eigenvalue weighted by atomic mass is 31.2. The predicted octanol–water partition coefficient (Wildman–Crippen LogP) is 7.93. The lowest BCUT2D eigenvalue weighted by molar-refractivity contribution is -0.870. The van der Waals surface area contributed by atoms with E-state index in [1.807, 2.05) is 21.1 Å². The van der Waals surface area contributed by atoms with Crippen LogP contribution in [0.2, 0.25) is 0 Å². The summed E-state index contributed by atoms with van der Waals surface area (Å²) in [4.78, 5) is 38.1. The third-order valence-corrected chi connectivity index (χ3v) is 8.14. The highest BCUT2D eigenvalue weighted by Crippen LogP contribution is 2.41. The van der Waals surface area contributed by atoms with Gasteiger partial charge in [-0.3, -0.25) is 14.2 Å². The second kappa shape index (κ2) is 24.1. The molecule has 0 N–H and O–H groups in total. The molecule has 0 aliphatic heterocycles. The molecule has 8 heteroatoms. The van der Waals surface area contributed by atoms with Gasteiger partial charge >= 0.3 is 0 Å². The van der Waals surface area contributed by atoms with Gasteiger partial charge in [0.15, 0.2) is 5.78 Å². The van der Waals surface area contributed by atoms with E-state index in [4.69, 9.17) is 9.05 Å². The monoisotopic (exact) mass is 575 g/mol. The predicted molar refractivity (Wildman–Crippen MR) is 160 cm³/mol. The van der Waals surface area contributed by atoms with E-state index in [1.54, 1.807) is 0 Å². The van der Waals surface area contributed by atoms with Gasteiger partial charge in [-0.05, 0) is 12.8 Å². The maximum atomic E-state index is 12.9. The molecule has 0 aromatic rings. The molecular weight excluding hydrogens is 513 g/mol. The fraction of sp³-hybridized carbons (Fsp3) is 0.935. The van der Waals surface area contributed by atoms with Crippen LogP contribution in [0.25, 0.3) is 0 Å². The van der Waals surface area contributed by atoms with Crippen LogP contribution in [0.15, 0.2) is 0 Å². The quantitative estimate of drug-likeness (QED) is 0.0511. The van der Waals surface area contributed by atoms with Gasteiger partial charge in [0.05, 0.1) is 21.1 Å². The number of likely N-dealkylation sites (N-methyl/N-ethyl adjacent to an activating group) is 1. The van der Waals surface area contributed by atoms with Crippen LogP contribution in [-0.4, -0.2) is 56.4 Å². The van der Waals surface area contributed by atoms with Crippen LogP contribution in [0.5, 0.6) is 0 Å². The largest absolute Gasteiger partial charge is 0.756 e. The SMILES string of the molecule is CCCCCCCCCCCC(=O)CC(OP(=O)([O-])OCC[N+](C)(C)C)C(=O)CCCCCCCCCCC. The minimum Gasteiger partial charge on any atom is -0.756 e. The molecule has 0 spiro atoms. The zero-order valence-corrected chi connectivity index (χ0v) is 27.1. The Bertz CT molecular complexity index is 664. The summed E-state index contributed by atoms with van der Waals surface area (Å²) in [5.41, 5.74) is 0. The van der Waals surface area contributed by atoms with E-state index >= 15 is 0 Å². The number of phosphoric ester groups is 1. The lowest BCUT2D eigenvalue weighted by Gasteiger charge is -2.29. The Morgan fingerprint density at radius 1 is 0.692 bits per heavy atom. The molecule has 0 amide bonds. The van der Waals surface area contributed by atoms with E-state index < -0.39 is 13.9 Å². The maximum Gasteiger partial charge on any atom is 0.268 e. The van der Waals surface area contributed by atoms with E-state index in [-0.39, 0.29) is 31.0 Å². The number of Topliss-reactive ketones (excluding diaryl/α,β-unsaturated/α-hetero) is 2. The van der Waals surface area contributed by atoms with Crippen LogP contribution >= 0.6 is 7.82 Å². The van der Waals surface area contributed by atoms with Gasteiger partial charge in [0.1, 0.15) is 25.0 Å². The first-order valence-corrected chi connectivity index (χ1v) is 17.5. The number of hydrogen-bond donors (Lipinski definition) is 0. The molecule has 0 saturated carbocycles. The van der Waals surface area contributed by atoms with E-state index in [2.05, 4.69) is 13.8 Å². The summed E-state index contributed by atoms with van der Waals surface area (Å²) >= 11 is 0. The highest BCUT2D eigenvalue weighted by molar-refractivity contribution is 7.45. The fourth-order valence-corrected chi connectivity index (χ4v) is 5.41. The molecule has 2 unspecified atom stereocenters. The third kappa shape index (κ3) is 26.1. The lowest BCUT2D eigenvalue weighted by atomic mass is 9.99. The van der Waals surface area contributed by atoms with Crippen molar-refractivity contribution in [2.24, 2.45) is 0 Å². The number of ketones is 2. The van der Waals surface area contributed by atoms with Gasteiger partial charge in [-0.15, -0.1) is 0 Å². The number of rotatable bonds is 29. The van der Waals surface area contributed by atoms with Crippen LogP contribution < -0.4 is 4.89 Å². The van der Waals surface area contributed by atoms with Crippen molar-refractivity contribution in [2.45, 2.75) is 155 Å². The van der Waals surface area contributed by atoms with Crippen molar-refractivity contribution in [3.8, 4) is 0 Å². The Balaban J connectivity index is 4.60. The maximum absolute atomic E-state index is 12.9. The first-order valence-electron chi connectivity index (χ1n) is 16.0. The summed E-state index contributed by atoms with van der Waals surface area (Å²) in [6, 6.07) is 0. The third-order valence-electron chi connectivity index (χ3n) is 7.13. The van der Waals surface area contributed by atoms with Gasteiger partial charge < -0.3 is 18.4 Å². The number of carbonyl (C=O) groups excluding carboxylic acids is 2. The lowest BCUT2D eigenvalue weighted by Crippen LogP contribution is -2.38. The number of nitrogens with zero attached hydrogens (tertiary/aromatic N) is 1. The standard InChI is InChI=1S/C31H62NO6P/c1-6-8-10-12-14-16-18-20-22-24-29(33)28-31(38-39(35,36)37-27-26-32(3,4)5)30(34)25-23-21-19-17-15-13-11-9-7-2/h31H,6-28H2,1-5H3. The number of phosphoric acid groups is 1. The van der Waals surface area contributed by atoms with Crippen molar-refractivity contribution in [2.75, 3.05) is 34.3 Å². The van der Waals surface area contributed by atoms with E-state index in [1.165, 1.54) is 70.6 Å². The van der Waals surface area contributed by atoms with Crippen LogP contribution in [0, 0.1) is 0 Å². The normalized spacial score (nSPS) is 14.3. The van der Waals surface area contributed by atoms with Crippen molar-refractivity contribution in [1.82, 2.24) is 0 Å². The van der Waals surface area contributed by atoms with Crippen molar-refractivity contribution in [1.29, 1.82) is 0 Å². The van der Waals surface area contributed by atoms with Gasteiger partial charge in [0, 0.05) is 19.3 Å². The Kier molecular flexibility index (Phi) is 23.7. The second-order valence-corrected chi connectivity index (χ2v) is 13.6. The molecule has 7 nitrogen and oxygen atoms in total. The van der Waals surface area contributed by atoms with E-state index in [9.17, 15) is 19.0 Å². The minimum absolute atomic E-state index is 0.0319. The molecule has 0 aromatic heterocycles. The van der Waals surface area contributed by atoms with Gasteiger partial charge in [-0.2, -0.15) is 0 Å². The second-order valence-electron chi connectivity index (χ2n) is 12.3. The molecule has 232 valence electrons. The van der Waals surface area contributed by atoms with Gasteiger partial charge in [-0.25, -0.2) is 0 Å². The molecule has 0 radical (unpaired) electrons. The zero-order chi connectivity index (χ0) is 29.4. The highest BCUT2D eigenvalue weighted by Gasteiger charge is 2.27. The first kappa shape index (κ1) is 38.4. The van der Waals surface area contributed by atoms with Crippen molar-refractivity contribution in [3.63, 3.8) is 0 Å². The smallest absolute Gasteiger partial charge is 0.268 e. The van der Waals surface area contributed by atoms with Crippen LogP contribution in [-0.2, 0) is 23.2 Å². The Morgan fingerprint density at radius 2 is 1.10 bits per heavy atom. The van der Waals surface area contributed by atoms with Crippen molar-refractivity contribution < 1.29 is 32.6 Å². The molecule has 0 heterocycles. The van der Waals surface area contributed by atoms with Gasteiger partial charge in [0.2, 0.25) is 0 Å². The molecule has 0 aliphatic carbocycles. The molecule has 0 bridgehead atoms.